The number of hydrogen-bond acceptors (Lipinski definition) is 4. The summed E-state index contributed by atoms with van der Waals surface area (Å²) in [5.41, 5.74) is 0. The molecule has 0 radical (unpaired) electrons. The van der Waals surface area contributed by atoms with Crippen LogP contribution in [0.4, 0.5) is 4.79 Å². The Hall–Kier alpha value is -1.63. The monoisotopic (exact) mass is 253 g/mol. The third kappa shape index (κ3) is 3.43. The SMILES string of the molecule is CN1CCCN(C(=O)CN=C2CNC(=O)N2)CC1. The minimum absolute atomic E-state index is 0.0268. The number of urea groups is 1. The van der Waals surface area contributed by atoms with Crippen LogP contribution in [0.15, 0.2) is 4.99 Å². The van der Waals surface area contributed by atoms with Crippen LogP contribution in [-0.2, 0) is 4.79 Å². The predicted molar refractivity (Wildman–Crippen MR) is 67.5 cm³/mol. The molecule has 0 aromatic heterocycles. The van der Waals surface area contributed by atoms with Crippen molar-refractivity contribution in [1.29, 1.82) is 0 Å². The molecule has 7 nitrogen and oxygen atoms in total. The van der Waals surface area contributed by atoms with E-state index in [1.165, 1.54) is 0 Å². The highest BCUT2D eigenvalue weighted by atomic mass is 16.2. The standard InChI is InChI=1S/C11H19N5O2/c1-15-3-2-4-16(6-5-15)10(17)8-12-9-7-13-11(18)14-9/h2-8H2,1H3,(H2,12,13,14,18). The summed E-state index contributed by atoms with van der Waals surface area (Å²) >= 11 is 0. The summed E-state index contributed by atoms with van der Waals surface area (Å²) in [5.74, 6) is 0.569. The Morgan fingerprint density at radius 2 is 2.17 bits per heavy atom. The van der Waals surface area contributed by atoms with Gasteiger partial charge in [0, 0.05) is 19.6 Å². The van der Waals surface area contributed by atoms with Gasteiger partial charge in [0.1, 0.15) is 12.4 Å². The number of amidine groups is 1. The largest absolute Gasteiger partial charge is 0.340 e. The number of carbonyl (C=O) groups is 2. The van der Waals surface area contributed by atoms with Crippen LogP contribution in [0.3, 0.4) is 0 Å². The summed E-state index contributed by atoms with van der Waals surface area (Å²) < 4.78 is 0. The number of nitrogens with one attached hydrogen (secondary N) is 2. The molecule has 18 heavy (non-hydrogen) atoms. The summed E-state index contributed by atoms with van der Waals surface area (Å²) in [6.07, 6.45) is 0.997. The Balaban J connectivity index is 1.82. The van der Waals surface area contributed by atoms with E-state index in [9.17, 15) is 9.59 Å². The molecule has 2 aliphatic rings. The maximum absolute atomic E-state index is 12.0. The molecule has 0 bridgehead atoms. The molecule has 2 saturated heterocycles. The Kier molecular flexibility index (Phi) is 4.14. The van der Waals surface area contributed by atoms with Gasteiger partial charge in [-0.05, 0) is 20.0 Å². The zero-order valence-electron chi connectivity index (χ0n) is 10.6. The molecule has 0 atom stereocenters. The Labute approximate surface area is 106 Å². The van der Waals surface area contributed by atoms with E-state index >= 15 is 0 Å². The summed E-state index contributed by atoms with van der Waals surface area (Å²) in [4.78, 5) is 31.0. The van der Waals surface area contributed by atoms with Gasteiger partial charge in [0.15, 0.2) is 0 Å². The molecule has 0 aromatic carbocycles. The fourth-order valence-electron chi connectivity index (χ4n) is 2.04. The van der Waals surface area contributed by atoms with Crippen LogP contribution in [0.5, 0.6) is 0 Å². The van der Waals surface area contributed by atoms with Crippen LogP contribution in [-0.4, -0.2) is 73.9 Å². The molecule has 2 N–H and O–H groups in total. The van der Waals surface area contributed by atoms with Gasteiger partial charge in [-0.1, -0.05) is 0 Å². The third-order valence-corrected chi connectivity index (χ3v) is 3.15. The lowest BCUT2D eigenvalue weighted by Gasteiger charge is -2.19. The molecular formula is C11H19N5O2. The lowest BCUT2D eigenvalue weighted by molar-refractivity contribution is -0.129. The number of hydrogen-bond donors (Lipinski definition) is 2. The molecule has 2 heterocycles. The molecule has 0 spiro atoms. The molecule has 0 aromatic rings. The zero-order valence-corrected chi connectivity index (χ0v) is 10.6. The molecule has 2 rings (SSSR count). The average Bonchev–Trinajstić information content (AvgIpc) is 2.63. The molecule has 3 amide bonds. The molecule has 0 aliphatic carbocycles. The van der Waals surface area contributed by atoms with E-state index in [-0.39, 0.29) is 18.5 Å². The van der Waals surface area contributed by atoms with Gasteiger partial charge < -0.3 is 15.1 Å². The van der Waals surface area contributed by atoms with Crippen molar-refractivity contribution in [2.24, 2.45) is 4.99 Å². The molecule has 0 saturated carbocycles. The van der Waals surface area contributed by atoms with Gasteiger partial charge in [-0.2, -0.15) is 0 Å². The van der Waals surface area contributed by atoms with E-state index in [2.05, 4.69) is 27.6 Å². The smallest absolute Gasteiger partial charge is 0.320 e. The molecule has 2 aliphatic heterocycles. The highest BCUT2D eigenvalue weighted by Crippen LogP contribution is 2.01. The van der Waals surface area contributed by atoms with Crippen molar-refractivity contribution in [2.45, 2.75) is 6.42 Å². The Morgan fingerprint density at radius 3 is 2.89 bits per heavy atom. The van der Waals surface area contributed by atoms with Crippen molar-refractivity contribution in [1.82, 2.24) is 20.4 Å². The van der Waals surface area contributed by atoms with Crippen molar-refractivity contribution in [3.8, 4) is 0 Å². The van der Waals surface area contributed by atoms with Crippen molar-refractivity contribution in [3.05, 3.63) is 0 Å². The quantitative estimate of drug-likeness (QED) is 0.653. The van der Waals surface area contributed by atoms with Crippen molar-refractivity contribution >= 4 is 17.8 Å². The fraction of sp³-hybridized carbons (Fsp3) is 0.727. The second-order valence-corrected chi connectivity index (χ2v) is 4.61. The zero-order chi connectivity index (χ0) is 13.0. The fourth-order valence-corrected chi connectivity index (χ4v) is 2.04. The van der Waals surface area contributed by atoms with E-state index in [0.29, 0.717) is 12.4 Å². The second kappa shape index (κ2) is 5.81. The number of carbonyl (C=O) groups excluding carboxylic acids is 2. The first-order valence-corrected chi connectivity index (χ1v) is 6.19. The normalized spacial score (nSPS) is 23.7. The van der Waals surface area contributed by atoms with E-state index in [1.807, 2.05) is 4.90 Å². The summed E-state index contributed by atoms with van der Waals surface area (Å²) in [6.45, 7) is 3.97. The van der Waals surface area contributed by atoms with Gasteiger partial charge >= 0.3 is 6.03 Å². The lowest BCUT2D eigenvalue weighted by Crippen LogP contribution is -2.36. The minimum Gasteiger partial charge on any atom is -0.340 e. The average molecular weight is 253 g/mol. The number of nitrogens with zero attached hydrogens (tertiary/aromatic N) is 3. The highest BCUT2D eigenvalue weighted by molar-refractivity contribution is 6.05. The minimum atomic E-state index is -0.252. The summed E-state index contributed by atoms with van der Waals surface area (Å²) in [5, 5.41) is 5.13. The summed E-state index contributed by atoms with van der Waals surface area (Å²) in [6, 6.07) is -0.252. The highest BCUT2D eigenvalue weighted by Gasteiger charge is 2.18. The maximum atomic E-state index is 12.0. The lowest BCUT2D eigenvalue weighted by atomic mass is 10.4. The van der Waals surface area contributed by atoms with Gasteiger partial charge in [-0.25, -0.2) is 4.79 Å². The van der Waals surface area contributed by atoms with Gasteiger partial charge in [-0.3, -0.25) is 15.1 Å². The molecule has 2 fully saturated rings. The topological polar surface area (TPSA) is 77.0 Å². The first-order chi connectivity index (χ1) is 8.65. The van der Waals surface area contributed by atoms with Crippen molar-refractivity contribution in [2.75, 3.05) is 46.3 Å². The first-order valence-electron chi connectivity index (χ1n) is 6.19. The van der Waals surface area contributed by atoms with Crippen molar-refractivity contribution in [3.63, 3.8) is 0 Å². The van der Waals surface area contributed by atoms with Gasteiger partial charge in [-0.15, -0.1) is 0 Å². The predicted octanol–water partition coefficient (Wildman–Crippen LogP) is -1.14. The van der Waals surface area contributed by atoms with Crippen LogP contribution in [0.25, 0.3) is 0 Å². The summed E-state index contributed by atoms with van der Waals surface area (Å²) in [7, 11) is 2.06. The van der Waals surface area contributed by atoms with E-state index < -0.39 is 0 Å². The van der Waals surface area contributed by atoms with E-state index in [0.717, 1.165) is 32.6 Å². The van der Waals surface area contributed by atoms with Crippen molar-refractivity contribution < 1.29 is 9.59 Å². The van der Waals surface area contributed by atoms with E-state index in [4.69, 9.17) is 0 Å². The Morgan fingerprint density at radius 1 is 1.33 bits per heavy atom. The van der Waals surface area contributed by atoms with Gasteiger partial charge in [0.2, 0.25) is 5.91 Å². The van der Waals surface area contributed by atoms with Crippen LogP contribution < -0.4 is 10.6 Å². The molecule has 100 valence electrons. The number of amides is 3. The molecular weight excluding hydrogens is 234 g/mol. The molecule has 7 heteroatoms. The van der Waals surface area contributed by atoms with E-state index in [1.54, 1.807) is 0 Å². The maximum Gasteiger partial charge on any atom is 0.320 e. The van der Waals surface area contributed by atoms with Crippen LogP contribution in [0, 0.1) is 0 Å². The van der Waals surface area contributed by atoms with Gasteiger partial charge in [0.25, 0.3) is 0 Å². The second-order valence-electron chi connectivity index (χ2n) is 4.61. The van der Waals surface area contributed by atoms with Crippen LogP contribution in [0.1, 0.15) is 6.42 Å². The van der Waals surface area contributed by atoms with Crippen LogP contribution in [0.2, 0.25) is 0 Å². The number of likely N-dealkylation sites (N-methyl/N-ethyl adjacent to an activating group) is 1. The third-order valence-electron chi connectivity index (χ3n) is 3.15. The van der Waals surface area contributed by atoms with Gasteiger partial charge in [0.05, 0.1) is 6.54 Å². The molecule has 0 unspecified atom stereocenters. The number of aliphatic imine (C=N–C) groups is 1. The number of rotatable bonds is 2. The Bertz CT molecular complexity index is 368. The van der Waals surface area contributed by atoms with Crippen LogP contribution >= 0.6 is 0 Å². The first kappa shape index (κ1) is 12.8.